The molecule has 0 spiro atoms. The second-order valence-electron chi connectivity index (χ2n) is 5.36. The lowest BCUT2D eigenvalue weighted by Crippen LogP contribution is -2.44. The molecule has 1 atom stereocenters. The van der Waals surface area contributed by atoms with E-state index in [0.717, 1.165) is 11.1 Å². The first-order valence-corrected chi connectivity index (χ1v) is 7.15. The van der Waals surface area contributed by atoms with E-state index in [0.29, 0.717) is 12.3 Å². The Kier molecular flexibility index (Phi) is 3.69. The van der Waals surface area contributed by atoms with E-state index in [4.69, 9.17) is 4.74 Å². The van der Waals surface area contributed by atoms with Gasteiger partial charge in [0.1, 0.15) is 0 Å². The Morgan fingerprint density at radius 2 is 2.04 bits per heavy atom. The lowest BCUT2D eigenvalue weighted by Gasteiger charge is -2.29. The van der Waals surface area contributed by atoms with Gasteiger partial charge in [0, 0.05) is 6.07 Å². The van der Waals surface area contributed by atoms with E-state index < -0.39 is 11.0 Å². The molecular formula is C16H15N3O4. The maximum atomic E-state index is 12.5. The van der Waals surface area contributed by atoms with Crippen molar-refractivity contribution in [1.82, 2.24) is 4.98 Å². The third kappa shape index (κ3) is 2.73. The molecule has 1 aromatic carbocycles. The zero-order valence-electron chi connectivity index (χ0n) is 12.7. The lowest BCUT2D eigenvalue weighted by molar-refractivity contribution is -0.389. The Morgan fingerprint density at radius 1 is 1.30 bits per heavy atom. The van der Waals surface area contributed by atoms with Crippen LogP contribution in [0.4, 0.5) is 11.6 Å². The van der Waals surface area contributed by atoms with Crippen LogP contribution in [0.5, 0.6) is 5.75 Å². The van der Waals surface area contributed by atoms with Crippen LogP contribution in [-0.4, -0.2) is 21.9 Å². The number of rotatable bonds is 3. The fourth-order valence-electron chi connectivity index (χ4n) is 2.49. The number of ether oxygens (including phenoxy) is 1. The summed E-state index contributed by atoms with van der Waals surface area (Å²) in [6.45, 7) is 3.89. The van der Waals surface area contributed by atoms with E-state index in [1.807, 2.05) is 31.2 Å². The third-order valence-electron chi connectivity index (χ3n) is 3.77. The molecule has 1 unspecified atom stereocenters. The molecule has 2 heterocycles. The molecule has 1 amide bonds. The first kappa shape index (κ1) is 15.0. The van der Waals surface area contributed by atoms with E-state index in [9.17, 15) is 14.9 Å². The zero-order valence-corrected chi connectivity index (χ0v) is 12.7. The van der Waals surface area contributed by atoms with E-state index in [1.54, 1.807) is 6.92 Å². The van der Waals surface area contributed by atoms with Crippen molar-refractivity contribution in [3.63, 3.8) is 0 Å². The summed E-state index contributed by atoms with van der Waals surface area (Å²) in [4.78, 5) is 28.3. The summed E-state index contributed by atoms with van der Waals surface area (Å²) < 4.78 is 5.50. The number of hydrogen-bond donors (Lipinski definition) is 0. The Balaban J connectivity index is 2.05. The Hall–Kier alpha value is -2.96. The van der Waals surface area contributed by atoms with Crippen LogP contribution in [0.15, 0.2) is 36.4 Å². The van der Waals surface area contributed by atoms with Gasteiger partial charge in [-0.15, -0.1) is 0 Å². The van der Waals surface area contributed by atoms with E-state index >= 15 is 0 Å². The van der Waals surface area contributed by atoms with Crippen LogP contribution in [0.1, 0.15) is 18.1 Å². The summed E-state index contributed by atoms with van der Waals surface area (Å²) in [7, 11) is 0. The van der Waals surface area contributed by atoms with Crippen molar-refractivity contribution in [2.45, 2.75) is 26.5 Å². The molecule has 0 aliphatic carbocycles. The summed E-state index contributed by atoms with van der Waals surface area (Å²) >= 11 is 0. The average molecular weight is 313 g/mol. The molecular weight excluding hydrogens is 298 g/mol. The van der Waals surface area contributed by atoms with E-state index in [2.05, 4.69) is 4.98 Å². The molecule has 3 rings (SSSR count). The number of benzene rings is 1. The number of aryl methyl sites for hydroxylation is 1. The minimum Gasteiger partial charge on any atom is -0.475 e. The number of hydrogen-bond acceptors (Lipinski definition) is 5. The minimum absolute atomic E-state index is 0.186. The fraction of sp³-hybridized carbons (Fsp3) is 0.250. The van der Waals surface area contributed by atoms with Gasteiger partial charge in [0.05, 0.1) is 6.54 Å². The Bertz CT molecular complexity index is 791. The third-order valence-corrected chi connectivity index (χ3v) is 3.77. The van der Waals surface area contributed by atoms with Crippen molar-refractivity contribution in [1.29, 1.82) is 0 Å². The quantitative estimate of drug-likeness (QED) is 0.642. The maximum Gasteiger partial charge on any atom is 0.366 e. The molecule has 0 N–H and O–H groups in total. The molecule has 2 aromatic rings. The van der Waals surface area contributed by atoms with Crippen LogP contribution < -0.4 is 9.64 Å². The van der Waals surface area contributed by atoms with Crippen LogP contribution in [0.3, 0.4) is 0 Å². The molecule has 7 nitrogen and oxygen atoms in total. The molecule has 0 fully saturated rings. The van der Waals surface area contributed by atoms with Crippen molar-refractivity contribution < 1.29 is 14.5 Å². The highest BCUT2D eigenvalue weighted by molar-refractivity contribution is 5.98. The van der Waals surface area contributed by atoms with Crippen LogP contribution >= 0.6 is 0 Å². The molecule has 0 saturated carbocycles. The molecule has 0 bridgehead atoms. The summed E-state index contributed by atoms with van der Waals surface area (Å²) in [5, 5.41) is 11.0. The number of nitro groups is 1. The number of anilines is 1. The van der Waals surface area contributed by atoms with Crippen molar-refractivity contribution in [2.75, 3.05) is 4.90 Å². The van der Waals surface area contributed by atoms with Gasteiger partial charge < -0.3 is 14.9 Å². The molecule has 0 saturated heterocycles. The highest BCUT2D eigenvalue weighted by Gasteiger charge is 2.36. The van der Waals surface area contributed by atoms with Crippen LogP contribution in [0.2, 0.25) is 0 Å². The molecule has 1 aliphatic heterocycles. The highest BCUT2D eigenvalue weighted by Crippen LogP contribution is 2.35. The van der Waals surface area contributed by atoms with Crippen molar-refractivity contribution in [3.8, 4) is 5.75 Å². The Labute approximate surface area is 132 Å². The smallest absolute Gasteiger partial charge is 0.366 e. The number of amides is 1. The van der Waals surface area contributed by atoms with Crippen molar-refractivity contribution in [3.05, 3.63) is 57.6 Å². The van der Waals surface area contributed by atoms with Gasteiger partial charge in [-0.25, -0.2) is 0 Å². The van der Waals surface area contributed by atoms with Gasteiger partial charge in [-0.05, 0) is 40.9 Å². The lowest BCUT2D eigenvalue weighted by atomic mass is 10.1. The van der Waals surface area contributed by atoms with Crippen molar-refractivity contribution >= 4 is 17.5 Å². The molecule has 1 aromatic heterocycles. The summed E-state index contributed by atoms with van der Waals surface area (Å²) in [6.07, 6.45) is -0.658. The Morgan fingerprint density at radius 3 is 2.74 bits per heavy atom. The van der Waals surface area contributed by atoms with Gasteiger partial charge in [-0.1, -0.05) is 24.3 Å². The highest BCUT2D eigenvalue weighted by atomic mass is 16.6. The number of fused-ring (bicyclic) bond motifs is 1. The zero-order chi connectivity index (χ0) is 16.6. The van der Waals surface area contributed by atoms with Crippen LogP contribution in [0, 0.1) is 17.0 Å². The second kappa shape index (κ2) is 5.68. The first-order valence-electron chi connectivity index (χ1n) is 7.15. The van der Waals surface area contributed by atoms with E-state index in [1.165, 1.54) is 17.0 Å². The number of carbonyl (C=O) groups is 1. The number of aromatic nitrogens is 1. The average Bonchev–Trinajstić information content (AvgIpc) is 2.53. The molecule has 7 heteroatoms. The van der Waals surface area contributed by atoms with E-state index in [-0.39, 0.29) is 17.5 Å². The molecule has 0 radical (unpaired) electrons. The van der Waals surface area contributed by atoms with Gasteiger partial charge in [0.15, 0.2) is 11.9 Å². The SMILES string of the molecule is Cc1ccccc1CN1C(=O)C(C)Oc2ccc([N+](=O)[O-])nc21. The van der Waals surface area contributed by atoms with Gasteiger partial charge >= 0.3 is 5.82 Å². The van der Waals surface area contributed by atoms with Gasteiger partial charge in [0.25, 0.3) is 11.7 Å². The first-order chi connectivity index (χ1) is 11.0. The number of carbonyl (C=O) groups excluding carboxylic acids is 1. The van der Waals surface area contributed by atoms with Crippen LogP contribution in [-0.2, 0) is 11.3 Å². The topological polar surface area (TPSA) is 85.6 Å². The molecule has 23 heavy (non-hydrogen) atoms. The normalized spacial score (nSPS) is 16.7. The van der Waals surface area contributed by atoms with Crippen molar-refractivity contribution in [2.24, 2.45) is 0 Å². The van der Waals surface area contributed by atoms with Gasteiger partial charge in [0.2, 0.25) is 0 Å². The second-order valence-corrected chi connectivity index (χ2v) is 5.36. The molecule has 1 aliphatic rings. The van der Waals surface area contributed by atoms with Crippen LogP contribution in [0.25, 0.3) is 0 Å². The summed E-state index contributed by atoms with van der Waals surface area (Å²) in [5.41, 5.74) is 1.99. The summed E-state index contributed by atoms with van der Waals surface area (Å²) in [6, 6.07) is 10.4. The molecule has 118 valence electrons. The maximum absolute atomic E-state index is 12.5. The number of pyridine rings is 1. The predicted octanol–water partition coefficient (Wildman–Crippen LogP) is 2.61. The van der Waals surface area contributed by atoms with Gasteiger partial charge in [-0.2, -0.15) is 0 Å². The fourth-order valence-corrected chi connectivity index (χ4v) is 2.49. The number of nitrogens with zero attached hydrogens (tertiary/aromatic N) is 3. The monoisotopic (exact) mass is 313 g/mol. The van der Waals surface area contributed by atoms with Gasteiger partial charge in [-0.3, -0.25) is 9.69 Å². The minimum atomic E-state index is -0.658. The predicted molar refractivity (Wildman–Crippen MR) is 83.4 cm³/mol. The largest absolute Gasteiger partial charge is 0.475 e. The summed E-state index contributed by atoms with van der Waals surface area (Å²) in [5.74, 6) is -0.0277. The standard InChI is InChI=1S/C16H15N3O4/c1-10-5-3-4-6-12(10)9-18-15-13(23-11(2)16(18)20)7-8-14(17-15)19(21)22/h3-8,11H,9H2,1-2H3.